The normalized spacial score (nSPS) is 12.6. The number of sulfone groups is 1. The van der Waals surface area contributed by atoms with Gasteiger partial charge in [-0.1, -0.05) is 43.9 Å². The van der Waals surface area contributed by atoms with Crippen LogP contribution in [0.3, 0.4) is 0 Å². The van der Waals surface area contributed by atoms with Gasteiger partial charge in [0.1, 0.15) is 0 Å². The van der Waals surface area contributed by atoms with E-state index >= 15 is 0 Å². The molecule has 0 aromatic heterocycles. The summed E-state index contributed by atoms with van der Waals surface area (Å²) in [6.45, 7) is 10.2. The number of aliphatic hydroxyl groups is 1. The van der Waals surface area contributed by atoms with Crippen molar-refractivity contribution in [1.29, 1.82) is 0 Å². The lowest BCUT2D eigenvalue weighted by Crippen LogP contribution is -2.19. The molecular formula is C24H30O8S. The summed E-state index contributed by atoms with van der Waals surface area (Å²) >= 11 is 0. The number of hydrogen-bond acceptors (Lipinski definition) is 7. The lowest BCUT2D eigenvalue weighted by molar-refractivity contribution is -0.154. The molecule has 8 nitrogen and oxygen atoms in total. The minimum absolute atomic E-state index is 0.00464. The molecular weight excluding hydrogens is 448 g/mol. The number of aliphatic hydroxyl groups excluding tert-OH is 1. The maximum Gasteiger partial charge on any atom is 0.341 e. The summed E-state index contributed by atoms with van der Waals surface area (Å²) in [6, 6.07) is 6.25. The zero-order valence-corrected chi connectivity index (χ0v) is 19.7. The van der Waals surface area contributed by atoms with Crippen LogP contribution in [-0.2, 0) is 29.0 Å². The van der Waals surface area contributed by atoms with Gasteiger partial charge in [0.15, 0.2) is 9.84 Å². The van der Waals surface area contributed by atoms with Crippen LogP contribution in [0, 0.1) is 12.8 Å². The highest BCUT2D eigenvalue weighted by Crippen LogP contribution is 2.24. The van der Waals surface area contributed by atoms with Gasteiger partial charge < -0.3 is 14.9 Å². The number of carbonyl (C=O) groups is 3. The summed E-state index contributed by atoms with van der Waals surface area (Å²) in [5.74, 6) is -4.68. The molecule has 0 heterocycles. The Balaban J connectivity index is 3.21. The van der Waals surface area contributed by atoms with Crippen LogP contribution in [0.25, 0.3) is 0 Å². The zero-order valence-electron chi connectivity index (χ0n) is 18.9. The van der Waals surface area contributed by atoms with Crippen molar-refractivity contribution in [3.8, 4) is 0 Å². The van der Waals surface area contributed by atoms with Crippen molar-refractivity contribution in [2.45, 2.75) is 44.4 Å². The second-order valence-electron chi connectivity index (χ2n) is 7.51. The fourth-order valence-corrected chi connectivity index (χ4v) is 4.15. The molecule has 0 radical (unpaired) electrons. The van der Waals surface area contributed by atoms with Crippen LogP contribution < -0.4 is 0 Å². The molecule has 0 aliphatic carbocycles. The number of aryl methyl sites for hydroxylation is 1. The Kier molecular flexibility index (Phi) is 10.9. The van der Waals surface area contributed by atoms with E-state index in [1.54, 1.807) is 19.1 Å². The average Bonchev–Trinajstić information content (AvgIpc) is 2.77. The van der Waals surface area contributed by atoms with Crippen molar-refractivity contribution < 1.29 is 37.8 Å². The number of hydrogen-bond donors (Lipinski definition) is 2. The van der Waals surface area contributed by atoms with E-state index in [2.05, 4.69) is 13.2 Å². The molecule has 2 N–H and O–H groups in total. The standard InChI is InChI=1S/C24H30O8S/c1-5-17(3)23(28)32-24(29)20(7-6-13-25)15-19(18(4)22(26)27)12-14-33(30,31)21-10-8-16(2)9-11-21/h8-11,15,19,25H,3-7,12-14H2,1-2H3,(H,26,27). The minimum atomic E-state index is -3.72. The molecule has 1 aromatic rings. The number of carboxylic acids is 1. The second-order valence-corrected chi connectivity index (χ2v) is 9.62. The van der Waals surface area contributed by atoms with Crippen LogP contribution >= 0.6 is 0 Å². The Bertz CT molecular complexity index is 1030. The molecule has 1 unspecified atom stereocenters. The molecule has 1 rings (SSSR count). The van der Waals surface area contributed by atoms with Gasteiger partial charge in [0, 0.05) is 29.2 Å². The van der Waals surface area contributed by atoms with Crippen molar-refractivity contribution in [3.05, 3.63) is 65.8 Å². The Hall–Kier alpha value is -3.04. The molecule has 0 bridgehead atoms. The molecule has 0 aliphatic heterocycles. The van der Waals surface area contributed by atoms with Gasteiger partial charge in [-0.25, -0.2) is 22.8 Å². The molecule has 0 amide bonds. The van der Waals surface area contributed by atoms with Gasteiger partial charge in [-0.2, -0.15) is 0 Å². The van der Waals surface area contributed by atoms with Crippen LogP contribution in [0.4, 0.5) is 0 Å². The van der Waals surface area contributed by atoms with Crippen molar-refractivity contribution in [3.63, 3.8) is 0 Å². The molecule has 33 heavy (non-hydrogen) atoms. The number of ether oxygens (including phenoxy) is 1. The summed E-state index contributed by atoms with van der Waals surface area (Å²) in [4.78, 5) is 36.1. The van der Waals surface area contributed by atoms with Crippen molar-refractivity contribution in [1.82, 2.24) is 0 Å². The fraction of sp³-hybridized carbons (Fsp3) is 0.375. The summed E-state index contributed by atoms with van der Waals surface area (Å²) in [5.41, 5.74) is 0.607. The van der Waals surface area contributed by atoms with Crippen LogP contribution in [0.5, 0.6) is 0 Å². The number of benzene rings is 1. The third kappa shape index (κ3) is 8.78. The van der Waals surface area contributed by atoms with Gasteiger partial charge in [0.25, 0.3) is 0 Å². The quantitative estimate of drug-likeness (QED) is 0.251. The number of allylic oxidation sites excluding steroid dienone is 1. The largest absolute Gasteiger partial charge is 0.478 e. The predicted molar refractivity (Wildman–Crippen MR) is 123 cm³/mol. The van der Waals surface area contributed by atoms with Gasteiger partial charge in [0.05, 0.1) is 10.6 Å². The summed E-state index contributed by atoms with van der Waals surface area (Å²) < 4.78 is 30.2. The van der Waals surface area contributed by atoms with E-state index in [0.717, 1.165) is 5.56 Å². The van der Waals surface area contributed by atoms with Gasteiger partial charge >= 0.3 is 17.9 Å². The summed E-state index contributed by atoms with van der Waals surface area (Å²) in [6.07, 6.45) is 1.51. The van der Waals surface area contributed by atoms with E-state index in [1.807, 2.05) is 6.92 Å². The Morgan fingerprint density at radius 1 is 1.12 bits per heavy atom. The molecule has 1 atom stereocenters. The number of rotatable bonds is 13. The van der Waals surface area contributed by atoms with Gasteiger partial charge in [-0.05, 0) is 44.7 Å². The highest BCUT2D eigenvalue weighted by molar-refractivity contribution is 7.91. The number of esters is 2. The van der Waals surface area contributed by atoms with E-state index in [0.29, 0.717) is 0 Å². The highest BCUT2D eigenvalue weighted by atomic mass is 32.2. The lowest BCUT2D eigenvalue weighted by atomic mass is 9.93. The molecule has 0 saturated heterocycles. The van der Waals surface area contributed by atoms with Crippen LogP contribution in [-0.4, -0.2) is 48.9 Å². The second kappa shape index (κ2) is 12.9. The number of carboxylic acid groups (broad SMARTS) is 1. The van der Waals surface area contributed by atoms with Crippen LogP contribution in [0.15, 0.2) is 65.1 Å². The van der Waals surface area contributed by atoms with Crippen LogP contribution in [0.1, 0.15) is 38.2 Å². The Morgan fingerprint density at radius 3 is 2.24 bits per heavy atom. The average molecular weight is 479 g/mol. The van der Waals surface area contributed by atoms with E-state index < -0.39 is 39.4 Å². The molecule has 1 aromatic carbocycles. The first-order valence-corrected chi connectivity index (χ1v) is 12.1. The van der Waals surface area contributed by atoms with Gasteiger partial charge in [-0.15, -0.1) is 0 Å². The molecule has 0 fully saturated rings. The maximum absolute atomic E-state index is 12.7. The van der Waals surface area contributed by atoms with Gasteiger partial charge in [-0.3, -0.25) is 0 Å². The van der Waals surface area contributed by atoms with E-state index in [4.69, 9.17) is 9.84 Å². The first-order valence-electron chi connectivity index (χ1n) is 10.4. The Labute approximate surface area is 194 Å². The molecule has 180 valence electrons. The highest BCUT2D eigenvalue weighted by Gasteiger charge is 2.25. The smallest absolute Gasteiger partial charge is 0.341 e. The lowest BCUT2D eigenvalue weighted by Gasteiger charge is -2.16. The maximum atomic E-state index is 12.7. The van der Waals surface area contributed by atoms with E-state index in [9.17, 15) is 27.9 Å². The molecule has 0 aliphatic rings. The van der Waals surface area contributed by atoms with Crippen molar-refractivity contribution in [2.24, 2.45) is 5.92 Å². The van der Waals surface area contributed by atoms with Crippen LogP contribution in [0.2, 0.25) is 0 Å². The third-order valence-corrected chi connectivity index (χ3v) is 6.73. The third-order valence-electron chi connectivity index (χ3n) is 4.97. The first kappa shape index (κ1) is 28.0. The predicted octanol–water partition coefficient (Wildman–Crippen LogP) is 3.15. The Morgan fingerprint density at radius 2 is 1.73 bits per heavy atom. The zero-order chi connectivity index (χ0) is 25.2. The summed E-state index contributed by atoms with van der Waals surface area (Å²) in [5, 5.41) is 18.5. The minimum Gasteiger partial charge on any atom is -0.478 e. The monoisotopic (exact) mass is 478 g/mol. The first-order chi connectivity index (χ1) is 15.4. The van der Waals surface area contributed by atoms with E-state index in [1.165, 1.54) is 18.2 Å². The number of carbonyl (C=O) groups excluding carboxylic acids is 2. The van der Waals surface area contributed by atoms with Gasteiger partial charge in [0.2, 0.25) is 0 Å². The fourth-order valence-electron chi connectivity index (χ4n) is 2.79. The SMILES string of the molecule is C=C(CC)C(=O)OC(=O)C(=CC(CCS(=O)(=O)c1ccc(C)cc1)C(=C)C(=O)O)CCCO. The summed E-state index contributed by atoms with van der Waals surface area (Å²) in [7, 11) is -3.72. The van der Waals surface area contributed by atoms with E-state index in [-0.39, 0.29) is 53.9 Å². The van der Waals surface area contributed by atoms with Crippen molar-refractivity contribution in [2.75, 3.05) is 12.4 Å². The topological polar surface area (TPSA) is 135 Å². The molecule has 0 spiro atoms. The molecule has 0 saturated carbocycles. The molecule has 9 heteroatoms. The van der Waals surface area contributed by atoms with Crippen molar-refractivity contribution >= 4 is 27.7 Å². The number of aliphatic carboxylic acids is 1.